The van der Waals surface area contributed by atoms with Crippen LogP contribution in [0.25, 0.3) is 0 Å². The van der Waals surface area contributed by atoms with Crippen LogP contribution in [0.2, 0.25) is 0 Å². The Morgan fingerprint density at radius 2 is 2.31 bits per heavy atom. The molecule has 1 aliphatic heterocycles. The molecule has 1 heterocycles. The predicted octanol–water partition coefficient (Wildman–Crippen LogP) is 2.90. The number of benzene rings is 1. The number of anilines is 1. The average molecular weight is 242 g/mol. The van der Waals surface area contributed by atoms with Crippen LogP contribution in [0.4, 0.5) is 5.69 Å². The van der Waals surface area contributed by atoms with Gasteiger partial charge in [0.2, 0.25) is 0 Å². The zero-order valence-electron chi connectivity index (χ0n) is 7.47. The highest BCUT2D eigenvalue weighted by Gasteiger charge is 2.18. The monoisotopic (exact) mass is 241 g/mol. The molecule has 70 valence electrons. The standard InChI is InChI=1S/C10H12BrNO/c1-6-2-3-7-9(12-6)5-4-8(11)10(7)13/h4-6,12-13H,2-3H2,1H3/t6-/m0/s1. The maximum absolute atomic E-state index is 9.74. The smallest absolute Gasteiger partial charge is 0.135 e. The van der Waals surface area contributed by atoms with Crippen molar-refractivity contribution < 1.29 is 5.11 Å². The zero-order valence-corrected chi connectivity index (χ0v) is 9.06. The molecule has 0 spiro atoms. The molecule has 2 N–H and O–H groups in total. The third-order valence-corrected chi connectivity index (χ3v) is 3.10. The molecular weight excluding hydrogens is 230 g/mol. The molecule has 0 saturated carbocycles. The molecule has 1 aromatic rings. The SMILES string of the molecule is C[C@H]1CCc2c(ccc(Br)c2O)N1. The van der Waals surface area contributed by atoms with Crippen LogP contribution in [-0.2, 0) is 6.42 Å². The van der Waals surface area contributed by atoms with E-state index in [2.05, 4.69) is 28.2 Å². The van der Waals surface area contributed by atoms with Crippen LogP contribution >= 0.6 is 15.9 Å². The summed E-state index contributed by atoms with van der Waals surface area (Å²) in [5, 5.41) is 13.1. The molecule has 0 aliphatic carbocycles. The number of phenolic OH excluding ortho intramolecular Hbond substituents is 1. The van der Waals surface area contributed by atoms with Crippen molar-refractivity contribution in [1.82, 2.24) is 0 Å². The highest BCUT2D eigenvalue weighted by atomic mass is 79.9. The lowest BCUT2D eigenvalue weighted by molar-refractivity contribution is 0.461. The average Bonchev–Trinajstić information content (AvgIpc) is 2.12. The molecule has 2 nitrogen and oxygen atoms in total. The van der Waals surface area contributed by atoms with Crippen molar-refractivity contribution in [2.45, 2.75) is 25.8 Å². The molecule has 1 aromatic carbocycles. The van der Waals surface area contributed by atoms with Crippen LogP contribution in [-0.4, -0.2) is 11.1 Å². The van der Waals surface area contributed by atoms with E-state index in [4.69, 9.17) is 0 Å². The highest BCUT2D eigenvalue weighted by molar-refractivity contribution is 9.10. The predicted molar refractivity (Wildman–Crippen MR) is 57.2 cm³/mol. The Kier molecular flexibility index (Phi) is 2.20. The number of rotatable bonds is 0. The lowest BCUT2D eigenvalue weighted by Gasteiger charge is -2.24. The molecule has 13 heavy (non-hydrogen) atoms. The van der Waals surface area contributed by atoms with Gasteiger partial charge in [0.25, 0.3) is 0 Å². The third kappa shape index (κ3) is 1.53. The summed E-state index contributed by atoms with van der Waals surface area (Å²) >= 11 is 3.31. The lowest BCUT2D eigenvalue weighted by atomic mass is 9.98. The van der Waals surface area contributed by atoms with E-state index < -0.39 is 0 Å². The quantitative estimate of drug-likeness (QED) is 0.733. The fourth-order valence-electron chi connectivity index (χ4n) is 1.69. The first kappa shape index (κ1) is 8.88. The second-order valence-electron chi connectivity index (χ2n) is 3.51. The first-order valence-electron chi connectivity index (χ1n) is 4.45. The third-order valence-electron chi connectivity index (χ3n) is 2.46. The molecule has 0 radical (unpaired) electrons. The van der Waals surface area contributed by atoms with Crippen LogP contribution in [0, 0.1) is 0 Å². The van der Waals surface area contributed by atoms with Crippen LogP contribution in [0.5, 0.6) is 5.75 Å². The van der Waals surface area contributed by atoms with Crippen molar-refractivity contribution in [3.8, 4) is 5.75 Å². The molecule has 2 rings (SSSR count). The van der Waals surface area contributed by atoms with Gasteiger partial charge in [0.05, 0.1) is 4.47 Å². The summed E-state index contributed by atoms with van der Waals surface area (Å²) in [7, 11) is 0. The fourth-order valence-corrected chi connectivity index (χ4v) is 2.07. The molecule has 0 saturated heterocycles. The van der Waals surface area contributed by atoms with Crippen molar-refractivity contribution in [1.29, 1.82) is 0 Å². The second-order valence-corrected chi connectivity index (χ2v) is 4.36. The van der Waals surface area contributed by atoms with Gasteiger partial charge in [0, 0.05) is 17.3 Å². The van der Waals surface area contributed by atoms with E-state index in [-0.39, 0.29) is 0 Å². The number of hydrogen-bond donors (Lipinski definition) is 2. The highest BCUT2D eigenvalue weighted by Crippen LogP contribution is 2.36. The lowest BCUT2D eigenvalue weighted by Crippen LogP contribution is -2.21. The van der Waals surface area contributed by atoms with E-state index in [1.165, 1.54) is 0 Å². The van der Waals surface area contributed by atoms with Gasteiger partial charge in [-0.25, -0.2) is 0 Å². The van der Waals surface area contributed by atoms with Crippen molar-refractivity contribution in [2.75, 3.05) is 5.32 Å². The summed E-state index contributed by atoms with van der Waals surface area (Å²) in [5.74, 6) is 0.386. The number of fused-ring (bicyclic) bond motifs is 1. The number of aromatic hydroxyl groups is 1. The summed E-state index contributed by atoms with van der Waals surface area (Å²) in [6, 6.07) is 4.39. The summed E-state index contributed by atoms with van der Waals surface area (Å²) in [6.07, 6.45) is 2.03. The van der Waals surface area contributed by atoms with Gasteiger partial charge in [-0.3, -0.25) is 0 Å². The van der Waals surface area contributed by atoms with Crippen LogP contribution < -0.4 is 5.32 Å². The maximum Gasteiger partial charge on any atom is 0.135 e. The Balaban J connectivity index is 2.47. The van der Waals surface area contributed by atoms with Crippen LogP contribution in [0.3, 0.4) is 0 Å². The molecule has 1 atom stereocenters. The molecule has 0 bridgehead atoms. The van der Waals surface area contributed by atoms with Gasteiger partial charge < -0.3 is 10.4 Å². The molecule has 0 amide bonds. The maximum atomic E-state index is 9.74. The van der Waals surface area contributed by atoms with E-state index in [9.17, 15) is 5.11 Å². The molecule has 3 heteroatoms. The topological polar surface area (TPSA) is 32.3 Å². The first-order chi connectivity index (χ1) is 6.18. The summed E-state index contributed by atoms with van der Waals surface area (Å²) in [5.41, 5.74) is 2.10. The normalized spacial score (nSPS) is 20.6. The number of halogens is 1. The van der Waals surface area contributed by atoms with E-state index in [1.807, 2.05) is 12.1 Å². The van der Waals surface area contributed by atoms with Crippen molar-refractivity contribution in [3.05, 3.63) is 22.2 Å². The Hall–Kier alpha value is -0.700. The van der Waals surface area contributed by atoms with Crippen LogP contribution in [0.15, 0.2) is 16.6 Å². The van der Waals surface area contributed by atoms with Gasteiger partial charge in [0.1, 0.15) is 5.75 Å². The van der Waals surface area contributed by atoms with Crippen LogP contribution in [0.1, 0.15) is 18.9 Å². The van der Waals surface area contributed by atoms with Gasteiger partial charge in [0.15, 0.2) is 0 Å². The number of nitrogens with one attached hydrogen (secondary N) is 1. The van der Waals surface area contributed by atoms with Gasteiger partial charge in [-0.15, -0.1) is 0 Å². The molecular formula is C10H12BrNO. The molecule has 0 fully saturated rings. The second kappa shape index (κ2) is 3.22. The molecule has 1 aliphatic rings. The van der Waals surface area contributed by atoms with E-state index in [0.717, 1.165) is 28.6 Å². The largest absolute Gasteiger partial charge is 0.506 e. The van der Waals surface area contributed by atoms with Gasteiger partial charge >= 0.3 is 0 Å². The zero-order chi connectivity index (χ0) is 9.42. The van der Waals surface area contributed by atoms with Gasteiger partial charge in [-0.05, 0) is 47.8 Å². The van der Waals surface area contributed by atoms with E-state index in [1.54, 1.807) is 0 Å². The van der Waals surface area contributed by atoms with Crippen molar-refractivity contribution in [2.24, 2.45) is 0 Å². The fraction of sp³-hybridized carbons (Fsp3) is 0.400. The van der Waals surface area contributed by atoms with Gasteiger partial charge in [-0.1, -0.05) is 0 Å². The van der Waals surface area contributed by atoms with Crippen molar-refractivity contribution in [3.63, 3.8) is 0 Å². The Morgan fingerprint density at radius 1 is 1.54 bits per heavy atom. The summed E-state index contributed by atoms with van der Waals surface area (Å²) in [4.78, 5) is 0. The summed E-state index contributed by atoms with van der Waals surface area (Å²) in [6.45, 7) is 2.15. The minimum Gasteiger partial charge on any atom is -0.506 e. The minimum atomic E-state index is 0.386. The Bertz CT molecular complexity index is 338. The van der Waals surface area contributed by atoms with E-state index >= 15 is 0 Å². The number of phenols is 1. The van der Waals surface area contributed by atoms with Crippen molar-refractivity contribution >= 4 is 21.6 Å². The van der Waals surface area contributed by atoms with Gasteiger partial charge in [-0.2, -0.15) is 0 Å². The van der Waals surface area contributed by atoms with E-state index in [0.29, 0.717) is 11.8 Å². The Morgan fingerprint density at radius 3 is 3.08 bits per heavy atom. The molecule has 0 aromatic heterocycles. The first-order valence-corrected chi connectivity index (χ1v) is 5.24. The Labute approximate surface area is 86.1 Å². The molecule has 0 unspecified atom stereocenters. The summed E-state index contributed by atoms with van der Waals surface area (Å²) < 4.78 is 0.780. The minimum absolute atomic E-state index is 0.386. The number of hydrogen-bond acceptors (Lipinski definition) is 2.